The zero-order chi connectivity index (χ0) is 12.3. The van der Waals surface area contributed by atoms with Crippen molar-refractivity contribution in [2.24, 2.45) is 0 Å². The highest BCUT2D eigenvalue weighted by Gasteiger charge is 2.19. The molecule has 0 bridgehead atoms. The van der Waals surface area contributed by atoms with Crippen molar-refractivity contribution < 1.29 is 14.6 Å². The molecule has 1 unspecified atom stereocenters. The second-order valence-electron chi connectivity index (χ2n) is 4.17. The Balaban J connectivity index is 2.29. The SMILES string of the molecule is COc1ncc(C2CCCNC2)cc1C(=O)O. The van der Waals surface area contributed by atoms with E-state index in [0.29, 0.717) is 5.92 Å². The average molecular weight is 236 g/mol. The van der Waals surface area contributed by atoms with Crippen LogP contribution < -0.4 is 10.1 Å². The van der Waals surface area contributed by atoms with Crippen molar-refractivity contribution >= 4 is 5.97 Å². The van der Waals surface area contributed by atoms with Crippen molar-refractivity contribution in [1.29, 1.82) is 0 Å². The molecule has 0 aliphatic carbocycles. The van der Waals surface area contributed by atoms with E-state index in [9.17, 15) is 4.79 Å². The summed E-state index contributed by atoms with van der Waals surface area (Å²) in [7, 11) is 1.43. The molecular weight excluding hydrogens is 220 g/mol. The second kappa shape index (κ2) is 5.14. The number of nitrogens with one attached hydrogen (secondary N) is 1. The van der Waals surface area contributed by atoms with Crippen LogP contribution >= 0.6 is 0 Å². The van der Waals surface area contributed by atoms with Gasteiger partial charge >= 0.3 is 5.97 Å². The summed E-state index contributed by atoms with van der Waals surface area (Å²) in [6.07, 6.45) is 3.89. The molecule has 5 nitrogen and oxygen atoms in total. The Morgan fingerprint density at radius 1 is 1.65 bits per heavy atom. The Labute approximate surface area is 99.8 Å². The third-order valence-corrected chi connectivity index (χ3v) is 3.06. The van der Waals surface area contributed by atoms with Crippen LogP contribution in [-0.2, 0) is 0 Å². The van der Waals surface area contributed by atoms with Gasteiger partial charge in [0.1, 0.15) is 5.56 Å². The lowest BCUT2D eigenvalue weighted by molar-refractivity contribution is 0.0692. The molecule has 1 aromatic rings. The Bertz CT molecular complexity index is 414. The van der Waals surface area contributed by atoms with Crippen LogP contribution in [-0.4, -0.2) is 36.3 Å². The van der Waals surface area contributed by atoms with Crippen LogP contribution in [0.2, 0.25) is 0 Å². The number of aromatic nitrogens is 1. The molecule has 1 aliphatic rings. The molecule has 0 radical (unpaired) electrons. The number of aromatic carboxylic acids is 1. The van der Waals surface area contributed by atoms with Crippen molar-refractivity contribution in [3.63, 3.8) is 0 Å². The van der Waals surface area contributed by atoms with Gasteiger partial charge in [-0.1, -0.05) is 0 Å². The van der Waals surface area contributed by atoms with E-state index in [2.05, 4.69) is 10.3 Å². The van der Waals surface area contributed by atoms with Gasteiger partial charge in [0.2, 0.25) is 5.88 Å². The highest BCUT2D eigenvalue weighted by molar-refractivity contribution is 5.90. The van der Waals surface area contributed by atoms with Gasteiger partial charge in [-0.05, 0) is 36.9 Å². The van der Waals surface area contributed by atoms with Gasteiger partial charge in [-0.2, -0.15) is 0 Å². The van der Waals surface area contributed by atoms with E-state index in [1.807, 2.05) is 0 Å². The lowest BCUT2D eigenvalue weighted by atomic mass is 9.92. The van der Waals surface area contributed by atoms with Crippen LogP contribution in [0.4, 0.5) is 0 Å². The number of carboxylic acids is 1. The molecule has 1 aromatic heterocycles. The molecule has 0 aromatic carbocycles. The van der Waals surface area contributed by atoms with E-state index < -0.39 is 5.97 Å². The molecule has 1 atom stereocenters. The summed E-state index contributed by atoms with van der Waals surface area (Å²) in [5.74, 6) is -0.481. The lowest BCUT2D eigenvalue weighted by Gasteiger charge is -2.23. The normalized spacial score (nSPS) is 19.9. The summed E-state index contributed by atoms with van der Waals surface area (Å²) in [6, 6.07) is 1.67. The largest absolute Gasteiger partial charge is 0.480 e. The molecule has 2 rings (SSSR count). The molecular formula is C12H16N2O3. The smallest absolute Gasteiger partial charge is 0.341 e. The molecule has 1 saturated heterocycles. The van der Waals surface area contributed by atoms with Crippen molar-refractivity contribution in [3.8, 4) is 5.88 Å². The van der Waals surface area contributed by atoms with Crippen LogP contribution in [0.5, 0.6) is 5.88 Å². The zero-order valence-electron chi connectivity index (χ0n) is 9.77. The number of piperidine rings is 1. The first-order valence-electron chi connectivity index (χ1n) is 5.70. The Morgan fingerprint density at radius 2 is 2.47 bits per heavy atom. The van der Waals surface area contributed by atoms with Crippen molar-refractivity contribution in [1.82, 2.24) is 10.3 Å². The third-order valence-electron chi connectivity index (χ3n) is 3.06. The van der Waals surface area contributed by atoms with Crippen LogP contribution in [0.3, 0.4) is 0 Å². The monoisotopic (exact) mass is 236 g/mol. The maximum Gasteiger partial charge on any atom is 0.341 e. The Morgan fingerprint density at radius 3 is 3.06 bits per heavy atom. The summed E-state index contributed by atoms with van der Waals surface area (Å²) in [5, 5.41) is 12.4. The number of carbonyl (C=O) groups is 1. The maximum atomic E-state index is 11.1. The molecule has 5 heteroatoms. The van der Waals surface area contributed by atoms with Crippen LogP contribution in [0.25, 0.3) is 0 Å². The number of pyridine rings is 1. The number of hydrogen-bond donors (Lipinski definition) is 2. The molecule has 17 heavy (non-hydrogen) atoms. The molecule has 92 valence electrons. The number of ether oxygens (including phenoxy) is 1. The van der Waals surface area contributed by atoms with E-state index in [-0.39, 0.29) is 11.4 Å². The van der Waals surface area contributed by atoms with Gasteiger partial charge in [0.25, 0.3) is 0 Å². The zero-order valence-corrected chi connectivity index (χ0v) is 9.77. The van der Waals surface area contributed by atoms with E-state index in [0.717, 1.165) is 31.5 Å². The molecule has 1 aliphatic heterocycles. The second-order valence-corrected chi connectivity index (χ2v) is 4.17. The highest BCUT2D eigenvalue weighted by atomic mass is 16.5. The fourth-order valence-electron chi connectivity index (χ4n) is 2.14. The van der Waals surface area contributed by atoms with E-state index in [1.54, 1.807) is 12.3 Å². The fraction of sp³-hybridized carbons (Fsp3) is 0.500. The van der Waals surface area contributed by atoms with Crippen molar-refractivity contribution in [2.75, 3.05) is 20.2 Å². The molecule has 2 N–H and O–H groups in total. The Kier molecular flexibility index (Phi) is 3.58. The first-order chi connectivity index (χ1) is 8.22. The molecule has 2 heterocycles. The van der Waals surface area contributed by atoms with E-state index >= 15 is 0 Å². The number of hydrogen-bond acceptors (Lipinski definition) is 4. The number of nitrogens with zero attached hydrogens (tertiary/aromatic N) is 1. The van der Waals surface area contributed by atoms with E-state index in [1.165, 1.54) is 7.11 Å². The molecule has 0 amide bonds. The van der Waals surface area contributed by atoms with Crippen LogP contribution in [0.15, 0.2) is 12.3 Å². The van der Waals surface area contributed by atoms with Gasteiger partial charge in [-0.15, -0.1) is 0 Å². The minimum atomic E-state index is -1.00. The van der Waals surface area contributed by atoms with Gasteiger partial charge in [0.15, 0.2) is 0 Å². The van der Waals surface area contributed by atoms with Crippen molar-refractivity contribution in [2.45, 2.75) is 18.8 Å². The Hall–Kier alpha value is -1.62. The first-order valence-corrected chi connectivity index (χ1v) is 5.70. The maximum absolute atomic E-state index is 11.1. The highest BCUT2D eigenvalue weighted by Crippen LogP contribution is 2.26. The van der Waals surface area contributed by atoms with Gasteiger partial charge < -0.3 is 15.2 Å². The van der Waals surface area contributed by atoms with Gasteiger partial charge in [0.05, 0.1) is 7.11 Å². The average Bonchev–Trinajstić information content (AvgIpc) is 2.39. The first kappa shape index (κ1) is 11.9. The summed E-state index contributed by atoms with van der Waals surface area (Å²) in [4.78, 5) is 15.1. The topological polar surface area (TPSA) is 71.5 Å². The van der Waals surface area contributed by atoms with Gasteiger partial charge in [-0.25, -0.2) is 9.78 Å². The number of carboxylic acid groups (broad SMARTS) is 1. The number of methoxy groups -OCH3 is 1. The third kappa shape index (κ3) is 2.55. The summed E-state index contributed by atoms with van der Waals surface area (Å²) < 4.78 is 4.94. The number of rotatable bonds is 3. The lowest BCUT2D eigenvalue weighted by Crippen LogP contribution is -2.28. The molecule has 0 spiro atoms. The van der Waals surface area contributed by atoms with Gasteiger partial charge in [0, 0.05) is 12.7 Å². The summed E-state index contributed by atoms with van der Waals surface area (Å²) in [6.45, 7) is 1.92. The van der Waals surface area contributed by atoms with Gasteiger partial charge in [-0.3, -0.25) is 0 Å². The minimum absolute atomic E-state index is 0.135. The van der Waals surface area contributed by atoms with Crippen LogP contribution in [0.1, 0.15) is 34.7 Å². The summed E-state index contributed by atoms with van der Waals surface area (Å²) >= 11 is 0. The predicted molar refractivity (Wildman–Crippen MR) is 62.6 cm³/mol. The standard InChI is InChI=1S/C12H16N2O3/c1-17-11-10(12(15)16)5-9(7-14-11)8-3-2-4-13-6-8/h5,7-8,13H,2-4,6H2,1H3,(H,15,16). The minimum Gasteiger partial charge on any atom is -0.480 e. The summed E-state index contributed by atoms with van der Waals surface area (Å²) in [5.41, 5.74) is 1.10. The van der Waals surface area contributed by atoms with Crippen molar-refractivity contribution in [3.05, 3.63) is 23.4 Å². The van der Waals surface area contributed by atoms with E-state index in [4.69, 9.17) is 9.84 Å². The van der Waals surface area contributed by atoms with Crippen LogP contribution in [0, 0.1) is 0 Å². The quantitative estimate of drug-likeness (QED) is 0.826. The molecule has 0 saturated carbocycles. The molecule has 1 fully saturated rings. The fourth-order valence-corrected chi connectivity index (χ4v) is 2.14. The predicted octanol–water partition coefficient (Wildman–Crippen LogP) is 1.26.